The summed E-state index contributed by atoms with van der Waals surface area (Å²) < 4.78 is 10.8. The third-order valence-corrected chi connectivity index (χ3v) is 3.67. The highest BCUT2D eigenvalue weighted by molar-refractivity contribution is 5.76. The minimum Gasteiger partial charge on any atom is -0.481 e. The van der Waals surface area contributed by atoms with Crippen LogP contribution in [0.15, 0.2) is 0 Å². The van der Waals surface area contributed by atoms with Crippen molar-refractivity contribution in [3.63, 3.8) is 0 Å². The zero-order chi connectivity index (χ0) is 16.1. The van der Waals surface area contributed by atoms with Gasteiger partial charge in [-0.3, -0.25) is 4.79 Å². The Bertz CT molecular complexity index is 372. The summed E-state index contributed by atoms with van der Waals surface area (Å²) >= 11 is 0. The smallest absolute Gasteiger partial charge is 0.317 e. The number of methoxy groups -OCH3 is 1. The number of nitrogens with one attached hydrogen (secondary N) is 1. The van der Waals surface area contributed by atoms with Crippen molar-refractivity contribution in [2.75, 3.05) is 33.4 Å². The van der Waals surface area contributed by atoms with Crippen LogP contribution in [0.4, 0.5) is 4.79 Å². The molecule has 1 heterocycles. The Morgan fingerprint density at radius 3 is 2.52 bits per heavy atom. The monoisotopic (exact) mass is 302 g/mol. The Labute approximate surface area is 125 Å². The van der Waals surface area contributed by atoms with E-state index in [2.05, 4.69) is 5.32 Å². The molecule has 0 bridgehead atoms. The van der Waals surface area contributed by atoms with Crippen LogP contribution in [-0.4, -0.2) is 66.6 Å². The molecule has 7 heteroatoms. The molecule has 0 spiro atoms. The third-order valence-electron chi connectivity index (χ3n) is 3.67. The van der Waals surface area contributed by atoms with E-state index < -0.39 is 17.1 Å². The number of amides is 2. The quantitative estimate of drug-likeness (QED) is 0.766. The number of ether oxygens (including phenoxy) is 2. The van der Waals surface area contributed by atoms with Gasteiger partial charge >= 0.3 is 12.0 Å². The van der Waals surface area contributed by atoms with Gasteiger partial charge in [-0.05, 0) is 20.8 Å². The second-order valence-corrected chi connectivity index (χ2v) is 6.31. The molecule has 1 unspecified atom stereocenters. The van der Waals surface area contributed by atoms with Crippen LogP contribution in [-0.2, 0) is 14.3 Å². The Kier molecular flexibility index (Phi) is 5.98. The topological polar surface area (TPSA) is 88.1 Å². The second-order valence-electron chi connectivity index (χ2n) is 6.31. The zero-order valence-electron chi connectivity index (χ0n) is 13.3. The second kappa shape index (κ2) is 7.09. The Hall–Kier alpha value is -1.34. The van der Waals surface area contributed by atoms with Gasteiger partial charge in [0.25, 0.3) is 0 Å². The van der Waals surface area contributed by atoms with Gasteiger partial charge in [0, 0.05) is 32.2 Å². The lowest BCUT2D eigenvalue weighted by molar-refractivity contribution is -0.137. The van der Waals surface area contributed by atoms with Crippen LogP contribution < -0.4 is 5.32 Å². The molecule has 2 amide bonds. The molecular weight excluding hydrogens is 276 g/mol. The van der Waals surface area contributed by atoms with Crippen LogP contribution in [0.3, 0.4) is 0 Å². The van der Waals surface area contributed by atoms with Gasteiger partial charge in [0.15, 0.2) is 0 Å². The fourth-order valence-corrected chi connectivity index (χ4v) is 2.24. The molecule has 0 saturated carbocycles. The van der Waals surface area contributed by atoms with Crippen LogP contribution in [0.25, 0.3) is 0 Å². The summed E-state index contributed by atoms with van der Waals surface area (Å²) in [5.74, 6) is -0.922. The lowest BCUT2D eigenvalue weighted by atomic mass is 10.0. The van der Waals surface area contributed by atoms with Crippen molar-refractivity contribution in [2.45, 2.75) is 44.8 Å². The number of carboxylic acids is 1. The van der Waals surface area contributed by atoms with Crippen molar-refractivity contribution in [3.8, 4) is 0 Å². The largest absolute Gasteiger partial charge is 0.481 e. The normalized spacial score (nSPS) is 22.1. The van der Waals surface area contributed by atoms with Gasteiger partial charge in [-0.25, -0.2) is 4.79 Å². The molecule has 0 aromatic heterocycles. The van der Waals surface area contributed by atoms with E-state index in [1.54, 1.807) is 7.11 Å². The fraction of sp³-hybridized carbons (Fsp3) is 0.857. The van der Waals surface area contributed by atoms with E-state index in [-0.39, 0.29) is 19.0 Å². The molecule has 7 nitrogen and oxygen atoms in total. The summed E-state index contributed by atoms with van der Waals surface area (Å²) in [4.78, 5) is 24.6. The molecule has 122 valence electrons. The molecule has 0 aliphatic carbocycles. The van der Waals surface area contributed by atoms with Gasteiger partial charge in [-0.1, -0.05) is 0 Å². The number of hydrogen-bond acceptors (Lipinski definition) is 4. The van der Waals surface area contributed by atoms with Gasteiger partial charge in [0.05, 0.1) is 19.6 Å². The number of carbonyl (C=O) groups is 2. The number of hydrogen-bond donors (Lipinski definition) is 2. The minimum atomic E-state index is -0.922. The number of carboxylic acid groups (broad SMARTS) is 1. The van der Waals surface area contributed by atoms with E-state index in [0.29, 0.717) is 19.8 Å². The molecule has 0 radical (unpaired) electrons. The number of urea groups is 1. The first-order valence-electron chi connectivity index (χ1n) is 7.10. The molecule has 1 rings (SSSR count). The van der Waals surface area contributed by atoms with Crippen molar-refractivity contribution in [1.82, 2.24) is 10.2 Å². The molecule has 2 N–H and O–H groups in total. The van der Waals surface area contributed by atoms with Gasteiger partial charge < -0.3 is 24.8 Å². The maximum Gasteiger partial charge on any atom is 0.317 e. The van der Waals surface area contributed by atoms with Crippen LogP contribution in [0.2, 0.25) is 0 Å². The number of aliphatic carboxylic acids is 1. The van der Waals surface area contributed by atoms with E-state index in [1.165, 1.54) is 4.90 Å². The van der Waals surface area contributed by atoms with Crippen molar-refractivity contribution in [1.29, 1.82) is 0 Å². The standard InChI is InChI=1S/C14H26N2O5/c1-13(2,3)16(7-5-11(17)18)12(19)15-9-14(20-4)6-8-21-10-14/h5-10H2,1-4H3,(H,15,19)(H,17,18). The third kappa shape index (κ3) is 5.17. The summed E-state index contributed by atoms with van der Waals surface area (Å²) in [6.45, 7) is 7.21. The van der Waals surface area contributed by atoms with Gasteiger partial charge in [-0.2, -0.15) is 0 Å². The molecule has 1 aliphatic heterocycles. The highest BCUT2D eigenvalue weighted by Crippen LogP contribution is 2.22. The zero-order valence-corrected chi connectivity index (χ0v) is 13.3. The highest BCUT2D eigenvalue weighted by atomic mass is 16.5. The number of carbonyl (C=O) groups excluding carboxylic acids is 1. The average molecular weight is 302 g/mol. The van der Waals surface area contributed by atoms with E-state index in [1.807, 2.05) is 20.8 Å². The van der Waals surface area contributed by atoms with E-state index in [0.717, 1.165) is 6.42 Å². The summed E-state index contributed by atoms with van der Waals surface area (Å²) in [7, 11) is 1.60. The van der Waals surface area contributed by atoms with Crippen LogP contribution in [0.5, 0.6) is 0 Å². The van der Waals surface area contributed by atoms with E-state index in [9.17, 15) is 9.59 Å². The first kappa shape index (κ1) is 17.7. The molecule has 1 aliphatic rings. The first-order chi connectivity index (χ1) is 9.70. The molecule has 1 fully saturated rings. The average Bonchev–Trinajstić information content (AvgIpc) is 2.84. The van der Waals surface area contributed by atoms with Crippen molar-refractivity contribution >= 4 is 12.0 Å². The molecule has 1 atom stereocenters. The van der Waals surface area contributed by atoms with Crippen LogP contribution in [0, 0.1) is 0 Å². The number of rotatable bonds is 6. The molecule has 21 heavy (non-hydrogen) atoms. The summed E-state index contributed by atoms with van der Waals surface area (Å²) in [5, 5.41) is 11.6. The van der Waals surface area contributed by atoms with Gasteiger partial charge in [0.1, 0.15) is 5.60 Å². The van der Waals surface area contributed by atoms with Crippen molar-refractivity contribution in [3.05, 3.63) is 0 Å². The lowest BCUT2D eigenvalue weighted by Crippen LogP contribution is -2.54. The summed E-state index contributed by atoms with van der Waals surface area (Å²) in [5.41, 5.74) is -0.933. The maximum atomic E-state index is 12.3. The lowest BCUT2D eigenvalue weighted by Gasteiger charge is -2.36. The SMILES string of the molecule is COC1(CNC(=O)N(CCC(=O)O)C(C)(C)C)CCOC1. The Morgan fingerprint density at radius 2 is 2.10 bits per heavy atom. The van der Waals surface area contributed by atoms with Gasteiger partial charge in [-0.15, -0.1) is 0 Å². The van der Waals surface area contributed by atoms with E-state index >= 15 is 0 Å². The summed E-state index contributed by atoms with van der Waals surface area (Å²) in [6.07, 6.45) is 0.650. The molecule has 0 aromatic carbocycles. The predicted molar refractivity (Wildman–Crippen MR) is 77.3 cm³/mol. The van der Waals surface area contributed by atoms with Crippen molar-refractivity contribution < 1.29 is 24.2 Å². The molecule has 1 saturated heterocycles. The fourth-order valence-electron chi connectivity index (χ4n) is 2.24. The minimum absolute atomic E-state index is 0.0801. The first-order valence-corrected chi connectivity index (χ1v) is 7.10. The highest BCUT2D eigenvalue weighted by Gasteiger charge is 2.36. The molecular formula is C14H26N2O5. The predicted octanol–water partition coefficient (Wildman–Crippen LogP) is 1.08. The Balaban J connectivity index is 2.61. The van der Waals surface area contributed by atoms with Crippen molar-refractivity contribution in [2.24, 2.45) is 0 Å². The number of nitrogens with zero attached hydrogens (tertiary/aromatic N) is 1. The van der Waals surface area contributed by atoms with E-state index in [4.69, 9.17) is 14.6 Å². The van der Waals surface area contributed by atoms with Gasteiger partial charge in [0.2, 0.25) is 0 Å². The summed E-state index contributed by atoms with van der Waals surface area (Å²) in [6, 6.07) is -0.285. The Morgan fingerprint density at radius 1 is 1.43 bits per heavy atom. The molecule has 0 aromatic rings. The van der Waals surface area contributed by atoms with Crippen LogP contribution in [0.1, 0.15) is 33.6 Å². The maximum absolute atomic E-state index is 12.3. The van der Waals surface area contributed by atoms with Crippen LogP contribution >= 0.6 is 0 Å².